The molecule has 0 aliphatic heterocycles. The highest BCUT2D eigenvalue weighted by molar-refractivity contribution is 5.83. The summed E-state index contributed by atoms with van der Waals surface area (Å²) in [6.07, 6.45) is 1.49. The SMILES string of the molecule is C=CCN(CC(=O)O)C(=O)C(C)CN. The molecule has 0 aromatic rings. The number of carbonyl (C=O) groups excluding carboxylic acids is 1. The molecule has 0 aliphatic carbocycles. The molecule has 0 heterocycles. The van der Waals surface area contributed by atoms with Gasteiger partial charge in [-0.25, -0.2) is 0 Å². The lowest BCUT2D eigenvalue weighted by Gasteiger charge is -2.21. The van der Waals surface area contributed by atoms with Gasteiger partial charge in [-0.1, -0.05) is 13.0 Å². The molecule has 0 saturated carbocycles. The van der Waals surface area contributed by atoms with Crippen LogP contribution in [0.5, 0.6) is 0 Å². The van der Waals surface area contributed by atoms with Crippen LogP contribution in [0, 0.1) is 5.92 Å². The van der Waals surface area contributed by atoms with Gasteiger partial charge in [-0.15, -0.1) is 6.58 Å². The number of carbonyl (C=O) groups is 2. The van der Waals surface area contributed by atoms with Crippen molar-refractivity contribution < 1.29 is 14.7 Å². The Bertz CT molecular complexity index is 228. The van der Waals surface area contributed by atoms with Gasteiger partial charge in [0.2, 0.25) is 5.91 Å². The van der Waals surface area contributed by atoms with Crippen LogP contribution in [0.2, 0.25) is 0 Å². The second-order valence-electron chi connectivity index (χ2n) is 3.04. The Labute approximate surface area is 83.2 Å². The van der Waals surface area contributed by atoms with E-state index in [0.29, 0.717) is 0 Å². The Balaban J connectivity index is 4.39. The highest BCUT2D eigenvalue weighted by Crippen LogP contribution is 2.00. The van der Waals surface area contributed by atoms with E-state index in [4.69, 9.17) is 10.8 Å². The maximum atomic E-state index is 11.5. The van der Waals surface area contributed by atoms with Crippen LogP contribution in [0.3, 0.4) is 0 Å². The molecular formula is C9H16N2O3. The van der Waals surface area contributed by atoms with Crippen LogP contribution < -0.4 is 5.73 Å². The molecule has 14 heavy (non-hydrogen) atoms. The molecule has 5 heteroatoms. The number of hydrogen-bond donors (Lipinski definition) is 2. The first-order valence-corrected chi connectivity index (χ1v) is 4.34. The van der Waals surface area contributed by atoms with Crippen molar-refractivity contribution in [2.24, 2.45) is 11.7 Å². The Kier molecular flexibility index (Phi) is 5.55. The average molecular weight is 200 g/mol. The second-order valence-corrected chi connectivity index (χ2v) is 3.04. The molecule has 0 aromatic heterocycles. The lowest BCUT2D eigenvalue weighted by Crippen LogP contribution is -2.41. The van der Waals surface area contributed by atoms with E-state index in [1.165, 1.54) is 11.0 Å². The quantitative estimate of drug-likeness (QED) is 0.575. The fraction of sp³-hybridized carbons (Fsp3) is 0.556. The zero-order valence-corrected chi connectivity index (χ0v) is 8.27. The summed E-state index contributed by atoms with van der Waals surface area (Å²) in [7, 11) is 0. The zero-order chi connectivity index (χ0) is 11.1. The Morgan fingerprint density at radius 3 is 2.57 bits per heavy atom. The number of carboxylic acid groups (broad SMARTS) is 1. The van der Waals surface area contributed by atoms with Crippen LogP contribution in [0.25, 0.3) is 0 Å². The monoisotopic (exact) mass is 200 g/mol. The molecule has 0 spiro atoms. The molecular weight excluding hydrogens is 184 g/mol. The lowest BCUT2D eigenvalue weighted by molar-refractivity contribution is -0.145. The molecule has 1 unspecified atom stereocenters. The van der Waals surface area contributed by atoms with Crippen molar-refractivity contribution in [3.05, 3.63) is 12.7 Å². The van der Waals surface area contributed by atoms with Crippen LogP contribution >= 0.6 is 0 Å². The molecule has 0 aliphatic rings. The summed E-state index contributed by atoms with van der Waals surface area (Å²) in [4.78, 5) is 23.2. The van der Waals surface area contributed by atoms with Crippen molar-refractivity contribution >= 4 is 11.9 Å². The van der Waals surface area contributed by atoms with Gasteiger partial charge in [0.15, 0.2) is 0 Å². The smallest absolute Gasteiger partial charge is 0.323 e. The topological polar surface area (TPSA) is 83.6 Å². The van der Waals surface area contributed by atoms with Crippen LogP contribution in [0.1, 0.15) is 6.92 Å². The number of rotatable bonds is 6. The minimum absolute atomic E-state index is 0.214. The fourth-order valence-electron chi connectivity index (χ4n) is 0.964. The van der Waals surface area contributed by atoms with Gasteiger partial charge in [-0.3, -0.25) is 9.59 Å². The summed E-state index contributed by atoms with van der Waals surface area (Å²) in [5, 5.41) is 8.55. The van der Waals surface area contributed by atoms with E-state index < -0.39 is 5.97 Å². The van der Waals surface area contributed by atoms with E-state index in [1.807, 2.05) is 0 Å². The summed E-state index contributed by atoms with van der Waals surface area (Å²) in [5.41, 5.74) is 5.32. The van der Waals surface area contributed by atoms with E-state index in [1.54, 1.807) is 6.92 Å². The van der Waals surface area contributed by atoms with Crippen molar-refractivity contribution in [1.29, 1.82) is 0 Å². The molecule has 0 fully saturated rings. The molecule has 0 rings (SSSR count). The molecule has 0 aromatic carbocycles. The van der Waals surface area contributed by atoms with Gasteiger partial charge < -0.3 is 15.7 Å². The van der Waals surface area contributed by atoms with Crippen molar-refractivity contribution in [2.45, 2.75) is 6.92 Å². The lowest BCUT2D eigenvalue weighted by atomic mass is 10.1. The standard InChI is InChI=1S/C9H16N2O3/c1-3-4-11(6-8(12)13)9(14)7(2)5-10/h3,7H,1,4-6,10H2,2H3,(H,12,13). The molecule has 3 N–H and O–H groups in total. The fourth-order valence-corrected chi connectivity index (χ4v) is 0.964. The minimum atomic E-state index is -1.04. The van der Waals surface area contributed by atoms with Gasteiger partial charge in [0.25, 0.3) is 0 Å². The van der Waals surface area contributed by atoms with Crippen molar-refractivity contribution in [2.75, 3.05) is 19.6 Å². The predicted molar refractivity (Wildman–Crippen MR) is 52.6 cm³/mol. The van der Waals surface area contributed by atoms with Gasteiger partial charge >= 0.3 is 5.97 Å². The van der Waals surface area contributed by atoms with E-state index in [9.17, 15) is 9.59 Å². The van der Waals surface area contributed by atoms with Gasteiger partial charge in [0, 0.05) is 19.0 Å². The van der Waals surface area contributed by atoms with Crippen LogP contribution in [-0.4, -0.2) is 41.5 Å². The minimum Gasteiger partial charge on any atom is -0.480 e. The number of aliphatic carboxylic acids is 1. The number of amides is 1. The normalized spacial score (nSPS) is 11.9. The van der Waals surface area contributed by atoms with Gasteiger partial charge in [-0.05, 0) is 0 Å². The summed E-state index contributed by atoms with van der Waals surface area (Å²) >= 11 is 0. The molecule has 80 valence electrons. The van der Waals surface area contributed by atoms with E-state index >= 15 is 0 Å². The third kappa shape index (κ3) is 4.04. The first-order chi connectivity index (χ1) is 6.52. The van der Waals surface area contributed by atoms with Crippen molar-refractivity contribution in [1.82, 2.24) is 4.90 Å². The molecule has 0 radical (unpaired) electrons. The number of nitrogens with two attached hydrogens (primary N) is 1. The summed E-state index contributed by atoms with van der Waals surface area (Å²) in [5.74, 6) is -1.64. The van der Waals surface area contributed by atoms with Gasteiger partial charge in [0.1, 0.15) is 6.54 Å². The second kappa shape index (κ2) is 6.15. The largest absolute Gasteiger partial charge is 0.480 e. The number of hydrogen-bond acceptors (Lipinski definition) is 3. The maximum Gasteiger partial charge on any atom is 0.323 e. The maximum absolute atomic E-state index is 11.5. The Morgan fingerprint density at radius 2 is 2.21 bits per heavy atom. The van der Waals surface area contributed by atoms with E-state index in [-0.39, 0.29) is 31.5 Å². The molecule has 5 nitrogen and oxygen atoms in total. The van der Waals surface area contributed by atoms with Crippen LogP contribution in [-0.2, 0) is 9.59 Å². The van der Waals surface area contributed by atoms with Gasteiger partial charge in [0.05, 0.1) is 0 Å². The third-order valence-corrected chi connectivity index (χ3v) is 1.76. The Morgan fingerprint density at radius 1 is 1.64 bits per heavy atom. The molecule has 0 bridgehead atoms. The first-order valence-electron chi connectivity index (χ1n) is 4.34. The first kappa shape index (κ1) is 12.6. The van der Waals surface area contributed by atoms with Crippen molar-refractivity contribution in [3.8, 4) is 0 Å². The predicted octanol–water partition coefficient (Wildman–Crippen LogP) is -0.320. The van der Waals surface area contributed by atoms with E-state index in [2.05, 4.69) is 6.58 Å². The number of nitrogens with zero attached hydrogens (tertiary/aromatic N) is 1. The highest BCUT2D eigenvalue weighted by atomic mass is 16.4. The molecule has 1 amide bonds. The molecule has 0 saturated heterocycles. The third-order valence-electron chi connectivity index (χ3n) is 1.76. The highest BCUT2D eigenvalue weighted by Gasteiger charge is 2.20. The average Bonchev–Trinajstić information content (AvgIpc) is 2.14. The van der Waals surface area contributed by atoms with Gasteiger partial charge in [-0.2, -0.15) is 0 Å². The summed E-state index contributed by atoms with van der Waals surface area (Å²) in [6, 6.07) is 0. The van der Waals surface area contributed by atoms with Crippen LogP contribution in [0.15, 0.2) is 12.7 Å². The summed E-state index contributed by atoms with van der Waals surface area (Å²) < 4.78 is 0. The van der Waals surface area contributed by atoms with Crippen molar-refractivity contribution in [3.63, 3.8) is 0 Å². The zero-order valence-electron chi connectivity index (χ0n) is 8.27. The number of carboxylic acids is 1. The molecule has 1 atom stereocenters. The van der Waals surface area contributed by atoms with Crippen LogP contribution in [0.4, 0.5) is 0 Å². The Hall–Kier alpha value is -1.36. The summed E-state index contributed by atoms with van der Waals surface area (Å²) in [6.45, 7) is 5.26. The van der Waals surface area contributed by atoms with E-state index in [0.717, 1.165) is 0 Å².